The number of nitrogens with one attached hydrogen (secondary N) is 2. The minimum Gasteiger partial charge on any atom is -0.431 e. The molecule has 0 spiro atoms. The summed E-state index contributed by atoms with van der Waals surface area (Å²) in [6.07, 6.45) is 0. The predicted molar refractivity (Wildman–Crippen MR) is 67.2 cm³/mol. The van der Waals surface area contributed by atoms with Crippen molar-refractivity contribution in [2.24, 2.45) is 0 Å². The van der Waals surface area contributed by atoms with Crippen molar-refractivity contribution in [3.05, 3.63) is 16.8 Å². The van der Waals surface area contributed by atoms with E-state index in [9.17, 15) is 13.2 Å². The quantitative estimate of drug-likeness (QED) is 0.858. The highest BCUT2D eigenvalue weighted by atomic mass is 35.5. The van der Waals surface area contributed by atoms with Gasteiger partial charge in [-0.25, -0.2) is 13.1 Å². The van der Waals surface area contributed by atoms with Crippen molar-refractivity contribution in [2.45, 2.75) is 31.9 Å². The van der Waals surface area contributed by atoms with Crippen molar-refractivity contribution < 1.29 is 17.6 Å². The monoisotopic (exact) mass is 294 g/mol. The lowest BCUT2D eigenvalue weighted by Crippen LogP contribution is -2.30. The molecule has 0 saturated carbocycles. The molecule has 1 aromatic rings. The Morgan fingerprint density at radius 3 is 2.61 bits per heavy atom. The summed E-state index contributed by atoms with van der Waals surface area (Å²) >= 11 is 5.71. The third-order valence-corrected chi connectivity index (χ3v) is 3.61. The lowest BCUT2D eigenvalue weighted by Gasteiger charge is -2.05. The fraction of sp³-hybridized carbons (Fsp3) is 0.500. The molecular formula is C10H15ClN2O4S. The molecule has 2 N–H and O–H groups in total. The van der Waals surface area contributed by atoms with Crippen LogP contribution in [0.15, 0.2) is 15.6 Å². The van der Waals surface area contributed by atoms with Gasteiger partial charge in [0.2, 0.25) is 10.3 Å². The fourth-order valence-electron chi connectivity index (χ4n) is 1.24. The summed E-state index contributed by atoms with van der Waals surface area (Å²) in [5.74, 6) is -0.475. The van der Waals surface area contributed by atoms with E-state index < -0.39 is 15.9 Å². The van der Waals surface area contributed by atoms with E-state index in [1.54, 1.807) is 20.8 Å². The normalized spacial score (nSPS) is 11.8. The lowest BCUT2D eigenvalue weighted by atomic mass is 10.3. The first-order chi connectivity index (χ1) is 8.27. The maximum absolute atomic E-state index is 11.7. The molecule has 0 saturated heterocycles. The van der Waals surface area contributed by atoms with E-state index in [0.717, 1.165) is 6.07 Å². The molecule has 6 nitrogen and oxygen atoms in total. The van der Waals surface area contributed by atoms with Gasteiger partial charge in [-0.3, -0.25) is 4.79 Å². The molecule has 0 aromatic carbocycles. The van der Waals surface area contributed by atoms with Crippen molar-refractivity contribution in [2.75, 3.05) is 6.54 Å². The van der Waals surface area contributed by atoms with E-state index in [2.05, 4.69) is 10.0 Å². The van der Waals surface area contributed by atoms with Gasteiger partial charge in [0.15, 0.2) is 0 Å². The third kappa shape index (κ3) is 3.47. The van der Waals surface area contributed by atoms with Crippen LogP contribution in [-0.2, 0) is 10.0 Å². The second-order valence-electron chi connectivity index (χ2n) is 3.88. The van der Waals surface area contributed by atoms with Crippen LogP contribution in [0, 0.1) is 0 Å². The molecule has 0 atom stereocenters. The first-order valence-electron chi connectivity index (χ1n) is 5.37. The van der Waals surface area contributed by atoms with Crippen LogP contribution in [0.4, 0.5) is 0 Å². The van der Waals surface area contributed by atoms with Crippen LogP contribution in [-0.4, -0.2) is 26.9 Å². The largest absolute Gasteiger partial charge is 0.431 e. The molecule has 1 rings (SSSR count). The number of sulfonamides is 1. The first-order valence-corrected chi connectivity index (χ1v) is 7.24. The van der Waals surface area contributed by atoms with Gasteiger partial charge in [0.05, 0.1) is 5.56 Å². The highest BCUT2D eigenvalue weighted by Crippen LogP contribution is 2.24. The Balaban J connectivity index is 3.06. The Morgan fingerprint density at radius 2 is 2.11 bits per heavy atom. The molecular weight excluding hydrogens is 280 g/mol. The minimum absolute atomic E-state index is 0.00171. The molecule has 0 radical (unpaired) electrons. The Kier molecular flexibility index (Phi) is 4.78. The van der Waals surface area contributed by atoms with E-state index in [0.29, 0.717) is 0 Å². The van der Waals surface area contributed by atoms with E-state index in [4.69, 9.17) is 16.0 Å². The molecule has 0 aliphatic heterocycles. The average Bonchev–Trinajstić information content (AvgIpc) is 2.59. The fourth-order valence-corrected chi connectivity index (χ4v) is 2.49. The molecule has 1 heterocycles. The van der Waals surface area contributed by atoms with Gasteiger partial charge in [0.25, 0.3) is 15.9 Å². The number of halogens is 1. The summed E-state index contributed by atoms with van der Waals surface area (Å²) in [5.41, 5.74) is 0.00171. The topological polar surface area (TPSA) is 88.4 Å². The van der Waals surface area contributed by atoms with Gasteiger partial charge in [-0.05, 0) is 25.4 Å². The average molecular weight is 295 g/mol. The number of carbonyl (C=O) groups excluding carboxylic acids is 1. The number of hydrogen-bond donors (Lipinski definition) is 2. The van der Waals surface area contributed by atoms with Gasteiger partial charge < -0.3 is 9.73 Å². The molecule has 18 heavy (non-hydrogen) atoms. The molecule has 0 unspecified atom stereocenters. The second kappa shape index (κ2) is 5.73. The van der Waals surface area contributed by atoms with Gasteiger partial charge in [-0.2, -0.15) is 0 Å². The summed E-state index contributed by atoms with van der Waals surface area (Å²) in [7, 11) is -3.76. The smallest absolute Gasteiger partial charge is 0.274 e. The molecule has 0 aliphatic rings. The molecule has 0 aliphatic carbocycles. The third-order valence-electron chi connectivity index (χ3n) is 1.93. The van der Waals surface area contributed by atoms with Crippen molar-refractivity contribution in [1.29, 1.82) is 0 Å². The molecule has 1 aromatic heterocycles. The first kappa shape index (κ1) is 15.0. The van der Waals surface area contributed by atoms with Gasteiger partial charge in [0.1, 0.15) is 0 Å². The molecule has 0 fully saturated rings. The van der Waals surface area contributed by atoms with Gasteiger partial charge in [-0.15, -0.1) is 0 Å². The maximum Gasteiger partial charge on any atom is 0.274 e. The zero-order chi connectivity index (χ0) is 13.9. The Bertz CT molecular complexity index is 536. The van der Waals surface area contributed by atoms with Crippen LogP contribution in [0.25, 0.3) is 0 Å². The van der Waals surface area contributed by atoms with E-state index >= 15 is 0 Å². The summed E-state index contributed by atoms with van der Waals surface area (Å²) in [5, 5.41) is 1.98. The van der Waals surface area contributed by atoms with Crippen molar-refractivity contribution in [3.8, 4) is 0 Å². The second-order valence-corrected chi connectivity index (χ2v) is 5.92. The summed E-state index contributed by atoms with van der Waals surface area (Å²) < 4.78 is 30.4. The van der Waals surface area contributed by atoms with Crippen LogP contribution in [0.1, 0.15) is 31.1 Å². The highest BCUT2D eigenvalue weighted by Gasteiger charge is 2.24. The summed E-state index contributed by atoms with van der Waals surface area (Å²) in [6, 6.07) is 1.02. The molecule has 0 bridgehead atoms. The zero-order valence-corrected chi connectivity index (χ0v) is 11.9. The SMILES string of the molecule is CCNS(=O)(=O)c1cc(C(=O)NC(C)C)c(Cl)o1. The lowest BCUT2D eigenvalue weighted by molar-refractivity contribution is 0.0942. The number of amides is 1. The van der Waals surface area contributed by atoms with Crippen LogP contribution in [0.3, 0.4) is 0 Å². The predicted octanol–water partition coefficient (Wildman–Crippen LogP) is 1.37. The van der Waals surface area contributed by atoms with Gasteiger partial charge in [0, 0.05) is 18.7 Å². The van der Waals surface area contributed by atoms with Crippen molar-refractivity contribution in [3.63, 3.8) is 0 Å². The van der Waals surface area contributed by atoms with E-state index in [1.807, 2.05) is 0 Å². The van der Waals surface area contributed by atoms with Gasteiger partial charge in [-0.1, -0.05) is 6.92 Å². The highest BCUT2D eigenvalue weighted by molar-refractivity contribution is 7.89. The van der Waals surface area contributed by atoms with Crippen LogP contribution in [0.5, 0.6) is 0 Å². The van der Waals surface area contributed by atoms with Gasteiger partial charge >= 0.3 is 0 Å². The van der Waals surface area contributed by atoms with Crippen LogP contribution < -0.4 is 10.0 Å². The van der Waals surface area contributed by atoms with E-state index in [1.165, 1.54) is 0 Å². The maximum atomic E-state index is 11.7. The Labute approximate surface area is 111 Å². The van der Waals surface area contributed by atoms with Crippen molar-refractivity contribution >= 4 is 27.5 Å². The zero-order valence-electron chi connectivity index (χ0n) is 10.3. The number of hydrogen-bond acceptors (Lipinski definition) is 4. The standard InChI is InChI=1S/C10H15ClN2O4S/c1-4-12-18(15,16)8-5-7(9(11)17-8)10(14)13-6(2)3/h5-6,12H,4H2,1-3H3,(H,13,14). The minimum atomic E-state index is -3.76. The summed E-state index contributed by atoms with van der Waals surface area (Å²) in [6.45, 7) is 5.41. The molecule has 102 valence electrons. The van der Waals surface area contributed by atoms with E-state index in [-0.39, 0.29) is 28.5 Å². The molecule has 8 heteroatoms. The van der Waals surface area contributed by atoms with Crippen LogP contribution >= 0.6 is 11.6 Å². The number of rotatable bonds is 5. The Hall–Kier alpha value is -1.05. The van der Waals surface area contributed by atoms with Crippen LogP contribution in [0.2, 0.25) is 5.22 Å². The summed E-state index contributed by atoms with van der Waals surface area (Å²) in [4.78, 5) is 11.7. The van der Waals surface area contributed by atoms with Crippen molar-refractivity contribution in [1.82, 2.24) is 10.0 Å². The Morgan fingerprint density at radius 1 is 1.50 bits per heavy atom. The number of furan rings is 1. The molecule has 1 amide bonds. The number of carbonyl (C=O) groups is 1.